The van der Waals surface area contributed by atoms with E-state index in [0.29, 0.717) is 6.42 Å². The van der Waals surface area contributed by atoms with Gasteiger partial charge in [-0.05, 0) is 6.42 Å². The fourth-order valence-corrected chi connectivity index (χ4v) is 4.48. The molecule has 0 fully saturated rings. The van der Waals surface area contributed by atoms with Crippen LogP contribution in [-0.4, -0.2) is 55.3 Å². The molecular weight excluding hydrogens is 612 g/mol. The van der Waals surface area contributed by atoms with Crippen molar-refractivity contribution in [2.24, 2.45) is 5.92 Å². The predicted molar refractivity (Wildman–Crippen MR) is 133 cm³/mol. The summed E-state index contributed by atoms with van der Waals surface area (Å²) in [6.45, 7) is 0.892. The molecule has 0 heterocycles. The molecule has 0 rings (SSSR count). The molecule has 0 aliphatic carbocycles. The first kappa shape index (κ1) is 53.3. The number of carboxylic acids is 2. The van der Waals surface area contributed by atoms with Gasteiger partial charge in [0, 0.05) is 0 Å². The Balaban J connectivity index is -0.00000114. The normalized spacial score (nSPS) is 11.1. The second kappa shape index (κ2) is 34.1. The number of ether oxygens (including phenoxy) is 2. The molecule has 0 saturated heterocycles. The zero-order chi connectivity index (χ0) is 28.8. The van der Waals surface area contributed by atoms with Crippen molar-refractivity contribution in [2.75, 3.05) is 13.2 Å². The maximum absolute atomic E-state index is 11.9. The van der Waals surface area contributed by atoms with Crippen molar-refractivity contribution in [3.05, 3.63) is 0 Å². The van der Waals surface area contributed by atoms with Gasteiger partial charge in [0.1, 0.15) is 16.7 Å². The summed E-state index contributed by atoms with van der Waals surface area (Å²) in [4.78, 5) is 45.1. The van der Waals surface area contributed by atoms with Crippen LogP contribution in [0.4, 0.5) is 0 Å². The van der Waals surface area contributed by atoms with Crippen LogP contribution in [0.5, 0.6) is 0 Å². The van der Waals surface area contributed by atoms with Gasteiger partial charge in [0.25, 0.3) is 0 Å². The fourth-order valence-electron chi connectivity index (χ4n) is 3.84. The second-order valence-electron chi connectivity index (χ2n) is 9.53. The predicted octanol–water partition coefficient (Wildman–Crippen LogP) is -10.2. The number of carboxylic acid groups (broad SMARTS) is 2. The molecule has 0 aromatic carbocycles. The van der Waals surface area contributed by atoms with Gasteiger partial charge in [-0.15, -0.1) is 0 Å². The van der Waals surface area contributed by atoms with Crippen LogP contribution in [0.1, 0.15) is 116 Å². The van der Waals surface area contributed by atoms with E-state index >= 15 is 0 Å². The molecule has 0 radical (unpaired) electrons. The largest absolute Gasteiger partial charge is 1.00 e. The van der Waals surface area contributed by atoms with E-state index in [1.165, 1.54) is 70.6 Å². The summed E-state index contributed by atoms with van der Waals surface area (Å²) in [5.74, 6) is -9.50. The summed E-state index contributed by atoms with van der Waals surface area (Å²) in [6, 6.07) is 0. The van der Waals surface area contributed by atoms with Crippen LogP contribution in [0.15, 0.2) is 0 Å². The third-order valence-electron chi connectivity index (χ3n) is 6.19. The van der Waals surface area contributed by atoms with Gasteiger partial charge in [-0.2, -0.15) is 0 Å². The van der Waals surface area contributed by atoms with Gasteiger partial charge in [0.05, 0.1) is 30.9 Å². The van der Waals surface area contributed by atoms with Crippen LogP contribution in [-0.2, 0) is 38.8 Å². The van der Waals surface area contributed by atoms with Gasteiger partial charge in [0.2, 0.25) is 0 Å². The first-order valence-electron chi connectivity index (χ1n) is 13.7. The molecule has 1 atom stereocenters. The first-order chi connectivity index (χ1) is 18.0. The summed E-state index contributed by atoms with van der Waals surface area (Å²) in [6.07, 6.45) is 17.7. The number of aliphatic carboxylic acids is 2. The number of esters is 2. The molecule has 16 heteroatoms. The number of hydrogen-bond acceptors (Lipinski definition) is 11. The van der Waals surface area contributed by atoms with E-state index in [2.05, 4.69) is 11.7 Å². The maximum Gasteiger partial charge on any atom is 1.00 e. The third kappa shape index (κ3) is 30.4. The van der Waals surface area contributed by atoms with Gasteiger partial charge >= 0.3 is 130 Å². The fraction of sp³-hybridized carbons (Fsp3) is 0.846. The number of carbonyl (C=O) groups excluding carboxylic acids is 4. The quantitative estimate of drug-likeness (QED) is 0.0299. The minimum absolute atomic E-state index is 0. The molecule has 0 aromatic rings. The number of rotatable bonds is 25. The molecule has 0 saturated carbocycles. The van der Waals surface area contributed by atoms with E-state index in [-0.39, 0.29) is 125 Å². The molecule has 0 aliphatic rings. The summed E-state index contributed by atoms with van der Waals surface area (Å²) in [5, 5.41) is 18.8. The monoisotopic (exact) mass is 655 g/mol. The molecule has 1 unspecified atom stereocenters. The zero-order valence-electron chi connectivity index (χ0n) is 26.5. The minimum atomic E-state index is -5.36. The Morgan fingerprint density at radius 3 is 1.31 bits per heavy atom. The van der Waals surface area contributed by atoms with Crippen molar-refractivity contribution in [2.45, 2.75) is 121 Å². The number of hydrogen-bond donors (Lipinski definition) is 0. The first-order valence-corrected chi connectivity index (χ1v) is 15.2. The van der Waals surface area contributed by atoms with E-state index < -0.39 is 58.2 Å². The minimum Gasteiger partial charge on any atom is -0.747 e. The molecule has 0 N–H and O–H groups in total. The Hall–Kier alpha value is 1.79. The van der Waals surface area contributed by atoms with Crippen molar-refractivity contribution in [1.29, 1.82) is 0 Å². The van der Waals surface area contributed by atoms with Crippen LogP contribution in [0.2, 0.25) is 0 Å². The third-order valence-corrected chi connectivity index (χ3v) is 7.24. The van der Waals surface area contributed by atoms with Crippen molar-refractivity contribution in [1.82, 2.24) is 0 Å². The van der Waals surface area contributed by atoms with Gasteiger partial charge in [0.15, 0.2) is 5.25 Å². The summed E-state index contributed by atoms with van der Waals surface area (Å²) < 4.78 is 43.2. The van der Waals surface area contributed by atoms with Crippen LogP contribution < -0.4 is 128 Å². The maximum atomic E-state index is 11.9. The van der Waals surface area contributed by atoms with Crippen LogP contribution in [0.25, 0.3) is 0 Å². The van der Waals surface area contributed by atoms with E-state index in [9.17, 15) is 42.4 Å². The zero-order valence-corrected chi connectivity index (χ0v) is 35.3. The summed E-state index contributed by atoms with van der Waals surface area (Å²) in [7, 11) is -5.36. The van der Waals surface area contributed by atoms with Gasteiger partial charge in [-0.25, -0.2) is 8.42 Å². The van der Waals surface area contributed by atoms with Gasteiger partial charge < -0.3 is 33.8 Å². The molecule has 0 bridgehead atoms. The van der Waals surface area contributed by atoms with Gasteiger partial charge in [-0.3, -0.25) is 9.59 Å². The molecule has 42 heavy (non-hydrogen) atoms. The van der Waals surface area contributed by atoms with Gasteiger partial charge in [-0.1, -0.05) is 103 Å². The molecule has 11 nitrogen and oxygen atoms in total. The van der Waals surface area contributed by atoms with E-state index in [1.54, 1.807) is 0 Å². The summed E-state index contributed by atoms with van der Waals surface area (Å²) >= 11 is 0. The van der Waals surface area contributed by atoms with Crippen molar-refractivity contribution < 1.29 is 170 Å². The second-order valence-corrected chi connectivity index (χ2v) is 11.1. The molecule has 0 aromatic heterocycles. The molecule has 222 valence electrons. The van der Waals surface area contributed by atoms with Crippen LogP contribution in [0, 0.1) is 5.92 Å². The Morgan fingerprint density at radius 2 is 0.976 bits per heavy atom. The average Bonchev–Trinajstić information content (AvgIpc) is 2.83. The Labute approximate surface area is 340 Å². The van der Waals surface area contributed by atoms with Crippen molar-refractivity contribution >= 4 is 34.0 Å². The molecule has 0 spiro atoms. The molecular formula is C26H43Na4O11S+. The Bertz CT molecular complexity index is 800. The number of carbonyl (C=O) groups is 4. The van der Waals surface area contributed by atoms with Crippen molar-refractivity contribution in [3.8, 4) is 0 Å². The molecule has 0 amide bonds. The smallest absolute Gasteiger partial charge is 0.747 e. The van der Waals surface area contributed by atoms with Crippen LogP contribution >= 0.6 is 0 Å². The van der Waals surface area contributed by atoms with E-state index in [0.717, 1.165) is 25.7 Å². The van der Waals surface area contributed by atoms with Crippen LogP contribution in [0.3, 0.4) is 0 Å². The topological polar surface area (TPSA) is 190 Å². The Morgan fingerprint density at radius 1 is 0.619 bits per heavy atom. The number of unbranched alkanes of at least 4 members (excludes halogenated alkanes) is 15. The Kier molecular flexibility index (Phi) is 43.3. The van der Waals surface area contributed by atoms with E-state index in [1.807, 2.05) is 0 Å². The van der Waals surface area contributed by atoms with Crippen molar-refractivity contribution in [3.63, 3.8) is 0 Å². The standard InChI is InChI=1S/C26H46O11S.4Na/c1-2-3-4-5-6-7-8-9-10-11-12-13-14-15-16-17-18-36-23(27)19-22(38(33,34)35)26(32)37-20-21(24(28)29)25(30)31;;;;/h21-22H,2-20H2,1H3,(H,28,29)(H,30,31)(H,33,34,35);;;;/q;4*+1/p-3. The molecule has 0 aliphatic heterocycles. The average molecular weight is 656 g/mol. The SMILES string of the molecule is CCCCCCCCCCCCCCCCCCOC(=O)CC(C(=O)OCC(C(=O)[O-])C(=O)[O-])S(=O)(=O)[O-].[Na+].[Na+].[Na+].[Na+]. The van der Waals surface area contributed by atoms with E-state index in [4.69, 9.17) is 4.74 Å². The summed E-state index contributed by atoms with van der Waals surface area (Å²) in [5.41, 5.74) is 0.